The number of hydrogen-bond acceptors (Lipinski definition) is 4. The van der Waals surface area contributed by atoms with Crippen LogP contribution >= 0.6 is 12.2 Å². The van der Waals surface area contributed by atoms with Gasteiger partial charge < -0.3 is 5.32 Å². The van der Waals surface area contributed by atoms with E-state index in [4.69, 9.17) is 17.2 Å². The standard InChI is InChI=1S/C21H17N5S/c1-14(17-10-6-7-13-22-17)25-26-21(27)24-20-15-8-2-4-11-18(15)23-19-12-5-3-9-16(19)20/h2-13H,1H3,(H2,23,24,26,27)/b25-14+. The minimum absolute atomic E-state index is 0.409. The van der Waals surface area contributed by atoms with Crippen LogP contribution in [0.3, 0.4) is 0 Å². The molecule has 2 aromatic heterocycles. The minimum atomic E-state index is 0.409. The molecular formula is C21H17N5S. The van der Waals surface area contributed by atoms with E-state index in [-0.39, 0.29) is 0 Å². The van der Waals surface area contributed by atoms with Crippen molar-refractivity contribution < 1.29 is 0 Å². The van der Waals surface area contributed by atoms with Gasteiger partial charge in [-0.15, -0.1) is 0 Å². The van der Waals surface area contributed by atoms with Crippen molar-refractivity contribution in [1.82, 2.24) is 15.4 Å². The highest BCUT2D eigenvalue weighted by Crippen LogP contribution is 2.30. The van der Waals surface area contributed by atoms with Gasteiger partial charge in [0.15, 0.2) is 5.11 Å². The molecule has 0 spiro atoms. The topological polar surface area (TPSA) is 62.2 Å². The molecule has 0 aliphatic carbocycles. The maximum absolute atomic E-state index is 5.46. The van der Waals surface area contributed by atoms with Crippen molar-refractivity contribution in [3.63, 3.8) is 0 Å². The summed E-state index contributed by atoms with van der Waals surface area (Å²) in [6.45, 7) is 1.88. The lowest BCUT2D eigenvalue weighted by Gasteiger charge is -2.13. The number of anilines is 1. The second-order valence-electron chi connectivity index (χ2n) is 6.00. The largest absolute Gasteiger partial charge is 0.330 e. The Kier molecular flexibility index (Phi) is 4.72. The Morgan fingerprint density at radius 2 is 1.52 bits per heavy atom. The summed E-state index contributed by atoms with van der Waals surface area (Å²) in [6.07, 6.45) is 1.74. The van der Waals surface area contributed by atoms with Crippen molar-refractivity contribution >= 4 is 50.5 Å². The van der Waals surface area contributed by atoms with Crippen LogP contribution in [-0.2, 0) is 0 Å². The molecule has 4 rings (SSSR count). The zero-order chi connectivity index (χ0) is 18.6. The van der Waals surface area contributed by atoms with Gasteiger partial charge in [-0.05, 0) is 43.4 Å². The van der Waals surface area contributed by atoms with E-state index in [0.29, 0.717) is 5.11 Å². The molecule has 0 saturated carbocycles. The summed E-state index contributed by atoms with van der Waals surface area (Å²) in [7, 11) is 0. The summed E-state index contributed by atoms with van der Waals surface area (Å²) in [4.78, 5) is 9.00. The molecule has 27 heavy (non-hydrogen) atoms. The van der Waals surface area contributed by atoms with Crippen molar-refractivity contribution in [1.29, 1.82) is 0 Å². The molecule has 4 aromatic rings. The third-order valence-corrected chi connectivity index (χ3v) is 4.38. The smallest absolute Gasteiger partial charge is 0.191 e. The van der Waals surface area contributed by atoms with Crippen molar-refractivity contribution in [2.24, 2.45) is 5.10 Å². The highest BCUT2D eigenvalue weighted by molar-refractivity contribution is 7.80. The molecule has 0 bridgehead atoms. The third kappa shape index (κ3) is 3.61. The average molecular weight is 371 g/mol. The molecular weight excluding hydrogens is 354 g/mol. The lowest BCUT2D eigenvalue weighted by Crippen LogP contribution is -2.25. The number of nitrogens with zero attached hydrogens (tertiary/aromatic N) is 3. The fourth-order valence-corrected chi connectivity index (χ4v) is 3.03. The second kappa shape index (κ2) is 7.47. The lowest BCUT2D eigenvalue weighted by molar-refractivity contribution is 1.03. The summed E-state index contributed by atoms with van der Waals surface area (Å²) >= 11 is 5.46. The van der Waals surface area contributed by atoms with Crippen LogP contribution in [0.15, 0.2) is 78.0 Å². The molecule has 132 valence electrons. The van der Waals surface area contributed by atoms with Crippen LogP contribution in [0.25, 0.3) is 21.8 Å². The number of thiocarbonyl (C=S) groups is 1. The Balaban J connectivity index is 1.65. The monoisotopic (exact) mass is 371 g/mol. The quantitative estimate of drug-likeness (QED) is 0.240. The normalized spacial score (nSPS) is 11.5. The molecule has 5 nitrogen and oxygen atoms in total. The SMILES string of the molecule is C/C(=N\NC(=S)Nc1c2ccccc2nc2ccccc12)c1ccccn1. The second-order valence-corrected chi connectivity index (χ2v) is 6.41. The van der Waals surface area contributed by atoms with Gasteiger partial charge in [-0.2, -0.15) is 5.10 Å². The number of fused-ring (bicyclic) bond motifs is 2. The summed E-state index contributed by atoms with van der Waals surface area (Å²) < 4.78 is 0. The number of hydrazone groups is 1. The molecule has 0 aliphatic heterocycles. The minimum Gasteiger partial charge on any atom is -0.330 e. The molecule has 2 heterocycles. The Morgan fingerprint density at radius 3 is 2.15 bits per heavy atom. The summed E-state index contributed by atoms with van der Waals surface area (Å²) in [6, 6.07) is 21.7. The number of para-hydroxylation sites is 2. The zero-order valence-electron chi connectivity index (χ0n) is 14.7. The number of rotatable bonds is 3. The van der Waals surface area contributed by atoms with E-state index in [1.165, 1.54) is 0 Å². The van der Waals surface area contributed by atoms with Crippen LogP contribution in [0, 0.1) is 0 Å². The Hall–Kier alpha value is -3.38. The van der Waals surface area contributed by atoms with Crippen LogP contribution in [0.5, 0.6) is 0 Å². The van der Waals surface area contributed by atoms with Crippen LogP contribution in [0.1, 0.15) is 12.6 Å². The Labute approximate surface area is 162 Å². The van der Waals surface area contributed by atoms with Gasteiger partial charge in [0.05, 0.1) is 28.1 Å². The summed E-state index contributed by atoms with van der Waals surface area (Å²) in [5, 5.41) is 10.0. The highest BCUT2D eigenvalue weighted by Gasteiger charge is 2.10. The van der Waals surface area contributed by atoms with Gasteiger partial charge in [-0.1, -0.05) is 42.5 Å². The maximum Gasteiger partial charge on any atom is 0.191 e. The molecule has 2 N–H and O–H groups in total. The van der Waals surface area contributed by atoms with Crippen molar-refractivity contribution in [2.45, 2.75) is 6.92 Å². The maximum atomic E-state index is 5.46. The highest BCUT2D eigenvalue weighted by atomic mass is 32.1. The fraction of sp³-hybridized carbons (Fsp3) is 0.0476. The number of hydrogen-bond donors (Lipinski definition) is 2. The zero-order valence-corrected chi connectivity index (χ0v) is 15.5. The molecule has 0 radical (unpaired) electrons. The first-order valence-corrected chi connectivity index (χ1v) is 8.93. The summed E-state index contributed by atoms with van der Waals surface area (Å²) in [5.74, 6) is 0. The molecule has 0 fully saturated rings. The van der Waals surface area contributed by atoms with Gasteiger partial charge in [-0.25, -0.2) is 4.98 Å². The van der Waals surface area contributed by atoms with Crippen LogP contribution in [0.2, 0.25) is 0 Å². The Morgan fingerprint density at radius 1 is 0.889 bits per heavy atom. The molecule has 0 aliphatic rings. The van der Waals surface area contributed by atoms with E-state index < -0.39 is 0 Å². The molecule has 2 aromatic carbocycles. The van der Waals surface area contributed by atoms with E-state index >= 15 is 0 Å². The molecule has 0 saturated heterocycles. The van der Waals surface area contributed by atoms with Crippen LogP contribution < -0.4 is 10.7 Å². The summed E-state index contributed by atoms with van der Waals surface area (Å²) in [5.41, 5.74) is 7.20. The first-order chi connectivity index (χ1) is 13.2. The van der Waals surface area contributed by atoms with Gasteiger partial charge >= 0.3 is 0 Å². The van der Waals surface area contributed by atoms with Crippen molar-refractivity contribution in [3.8, 4) is 0 Å². The van der Waals surface area contributed by atoms with Gasteiger partial charge in [0, 0.05) is 17.0 Å². The molecule has 0 atom stereocenters. The molecule has 6 heteroatoms. The van der Waals surface area contributed by atoms with Crippen molar-refractivity contribution in [3.05, 3.63) is 78.6 Å². The number of pyridine rings is 2. The third-order valence-electron chi connectivity index (χ3n) is 4.19. The first-order valence-electron chi connectivity index (χ1n) is 8.52. The van der Waals surface area contributed by atoms with Gasteiger partial charge in [0.1, 0.15) is 0 Å². The fourth-order valence-electron chi connectivity index (χ4n) is 2.88. The number of benzene rings is 2. The van der Waals surface area contributed by atoms with E-state index in [1.54, 1.807) is 6.20 Å². The first kappa shape index (κ1) is 17.1. The van der Waals surface area contributed by atoms with E-state index in [9.17, 15) is 0 Å². The number of aromatic nitrogens is 2. The molecule has 0 unspecified atom stereocenters. The average Bonchev–Trinajstić information content (AvgIpc) is 2.72. The lowest BCUT2D eigenvalue weighted by atomic mass is 10.1. The van der Waals surface area contributed by atoms with Gasteiger partial charge in [0.25, 0.3) is 0 Å². The predicted molar refractivity (Wildman–Crippen MR) is 115 cm³/mol. The van der Waals surface area contributed by atoms with E-state index in [1.807, 2.05) is 73.7 Å². The van der Waals surface area contributed by atoms with E-state index in [2.05, 4.69) is 20.8 Å². The van der Waals surface area contributed by atoms with Crippen LogP contribution in [0.4, 0.5) is 5.69 Å². The van der Waals surface area contributed by atoms with E-state index in [0.717, 1.165) is 38.9 Å². The van der Waals surface area contributed by atoms with Gasteiger partial charge in [0.2, 0.25) is 0 Å². The predicted octanol–water partition coefficient (Wildman–Crippen LogP) is 4.49. The number of nitrogens with one attached hydrogen (secondary N) is 2. The van der Waals surface area contributed by atoms with Crippen molar-refractivity contribution in [2.75, 3.05) is 5.32 Å². The van der Waals surface area contributed by atoms with Crippen LogP contribution in [-0.4, -0.2) is 20.8 Å². The molecule has 0 amide bonds. The Bertz CT molecular complexity index is 1100. The van der Waals surface area contributed by atoms with Gasteiger partial charge in [-0.3, -0.25) is 10.4 Å².